The molecule has 7 heteroatoms. The molecule has 1 heterocycles. The normalized spacial score (nSPS) is 13.7. The summed E-state index contributed by atoms with van der Waals surface area (Å²) < 4.78 is 13.5. The molecule has 0 atom stereocenters. The van der Waals surface area contributed by atoms with Crippen LogP contribution in [0.4, 0.5) is 9.18 Å². The molecule has 6 nitrogen and oxygen atoms in total. The molecule has 0 aromatic heterocycles. The Balaban J connectivity index is 1.60. The average Bonchev–Trinajstić information content (AvgIpc) is 2.93. The maximum Gasteiger partial charge on any atom is 0.324 e. The number of halogens is 1. The molecule has 3 rings (SSSR count). The number of nitrogens with zero attached hydrogens (tertiary/aromatic N) is 1. The summed E-state index contributed by atoms with van der Waals surface area (Å²) in [5.41, 5.74) is 1.55. The van der Waals surface area contributed by atoms with Crippen molar-refractivity contribution < 1.29 is 18.8 Å². The number of benzene rings is 2. The molecule has 25 heavy (non-hydrogen) atoms. The molecule has 0 saturated carbocycles. The van der Waals surface area contributed by atoms with E-state index in [-0.39, 0.29) is 37.3 Å². The number of carbonyl (C=O) groups excluding carboxylic acids is 3. The lowest BCUT2D eigenvalue weighted by Crippen LogP contribution is -2.30. The van der Waals surface area contributed by atoms with Gasteiger partial charge >= 0.3 is 6.03 Å². The molecule has 4 amide bonds. The lowest BCUT2D eigenvalue weighted by Gasteiger charge is -2.12. The number of hydrogen-bond acceptors (Lipinski definition) is 3. The van der Waals surface area contributed by atoms with E-state index in [1.54, 1.807) is 42.5 Å². The zero-order valence-corrected chi connectivity index (χ0v) is 13.3. The first-order chi connectivity index (χ1) is 12.0. The van der Waals surface area contributed by atoms with Crippen LogP contribution in [0.5, 0.6) is 0 Å². The van der Waals surface area contributed by atoms with E-state index in [0.717, 1.165) is 10.5 Å². The van der Waals surface area contributed by atoms with Gasteiger partial charge in [-0.3, -0.25) is 14.5 Å². The average molecular weight is 341 g/mol. The van der Waals surface area contributed by atoms with Gasteiger partial charge in [0.05, 0.1) is 13.1 Å². The highest BCUT2D eigenvalue weighted by Gasteiger charge is 2.28. The fourth-order valence-electron chi connectivity index (χ4n) is 2.48. The Kier molecular flexibility index (Phi) is 4.74. The number of nitrogens with one attached hydrogen (secondary N) is 2. The van der Waals surface area contributed by atoms with Crippen LogP contribution >= 0.6 is 0 Å². The van der Waals surface area contributed by atoms with Crippen LogP contribution in [0.15, 0.2) is 48.5 Å². The molecule has 0 spiro atoms. The molecular formula is C18H16FN3O3. The van der Waals surface area contributed by atoms with Gasteiger partial charge in [0.25, 0.3) is 5.91 Å². The summed E-state index contributed by atoms with van der Waals surface area (Å²) in [6.45, 7) is 0.257. The first-order valence-corrected chi connectivity index (χ1v) is 7.73. The van der Waals surface area contributed by atoms with E-state index in [1.807, 2.05) is 0 Å². The summed E-state index contributed by atoms with van der Waals surface area (Å²) in [6.07, 6.45) is 0. The van der Waals surface area contributed by atoms with Crippen LogP contribution in [0.3, 0.4) is 0 Å². The summed E-state index contributed by atoms with van der Waals surface area (Å²) in [7, 11) is 0. The molecule has 1 fully saturated rings. The van der Waals surface area contributed by atoms with Crippen LogP contribution in [0.1, 0.15) is 21.5 Å². The lowest BCUT2D eigenvalue weighted by molar-refractivity contribution is -0.125. The predicted molar refractivity (Wildman–Crippen MR) is 88.0 cm³/mol. The number of carbonyl (C=O) groups is 3. The largest absolute Gasteiger partial charge is 0.348 e. The Bertz CT molecular complexity index is 805. The zero-order valence-electron chi connectivity index (χ0n) is 13.3. The SMILES string of the molecule is O=C(NCc1ccccc1F)c1ccc(CN2C(=O)CNC2=O)cc1. The highest BCUT2D eigenvalue weighted by atomic mass is 19.1. The summed E-state index contributed by atoms with van der Waals surface area (Å²) in [5.74, 6) is -0.979. The van der Waals surface area contributed by atoms with Crippen LogP contribution in [0, 0.1) is 5.82 Å². The molecule has 1 saturated heterocycles. The highest BCUT2D eigenvalue weighted by Crippen LogP contribution is 2.11. The van der Waals surface area contributed by atoms with Gasteiger partial charge in [0.2, 0.25) is 5.91 Å². The van der Waals surface area contributed by atoms with Crippen molar-refractivity contribution in [3.05, 3.63) is 71.0 Å². The van der Waals surface area contributed by atoms with Gasteiger partial charge in [0.1, 0.15) is 5.82 Å². The lowest BCUT2D eigenvalue weighted by atomic mass is 10.1. The van der Waals surface area contributed by atoms with Crippen molar-refractivity contribution in [3.63, 3.8) is 0 Å². The molecule has 1 aliphatic rings. The predicted octanol–water partition coefficient (Wildman–Crippen LogP) is 1.81. The minimum absolute atomic E-state index is 0.00929. The molecule has 2 aromatic rings. The minimum Gasteiger partial charge on any atom is -0.348 e. The van der Waals surface area contributed by atoms with E-state index in [9.17, 15) is 18.8 Å². The Morgan fingerprint density at radius 1 is 1.12 bits per heavy atom. The van der Waals surface area contributed by atoms with Crippen molar-refractivity contribution in [3.8, 4) is 0 Å². The maximum atomic E-state index is 13.5. The summed E-state index contributed by atoms with van der Waals surface area (Å²) in [6, 6.07) is 12.4. The Morgan fingerprint density at radius 2 is 1.84 bits per heavy atom. The van der Waals surface area contributed by atoms with Gasteiger partial charge in [0.15, 0.2) is 0 Å². The van der Waals surface area contributed by atoms with Crippen LogP contribution in [0.2, 0.25) is 0 Å². The topological polar surface area (TPSA) is 78.5 Å². The van der Waals surface area contributed by atoms with E-state index < -0.39 is 6.03 Å². The maximum absolute atomic E-state index is 13.5. The van der Waals surface area contributed by atoms with Gasteiger partial charge in [-0.15, -0.1) is 0 Å². The monoisotopic (exact) mass is 341 g/mol. The first-order valence-electron chi connectivity index (χ1n) is 7.73. The van der Waals surface area contributed by atoms with Gasteiger partial charge in [-0.2, -0.15) is 0 Å². The van der Waals surface area contributed by atoms with Crippen molar-refractivity contribution in [1.82, 2.24) is 15.5 Å². The van der Waals surface area contributed by atoms with Gasteiger partial charge in [0, 0.05) is 17.7 Å². The van der Waals surface area contributed by atoms with Crippen molar-refractivity contribution in [1.29, 1.82) is 0 Å². The van der Waals surface area contributed by atoms with E-state index >= 15 is 0 Å². The molecule has 0 unspecified atom stereocenters. The molecule has 0 bridgehead atoms. The Labute approximate surface area is 143 Å². The highest BCUT2D eigenvalue weighted by molar-refractivity contribution is 6.01. The number of hydrogen-bond donors (Lipinski definition) is 2. The quantitative estimate of drug-likeness (QED) is 0.814. The summed E-state index contributed by atoms with van der Waals surface area (Å²) in [4.78, 5) is 36.3. The Morgan fingerprint density at radius 3 is 2.48 bits per heavy atom. The van der Waals surface area contributed by atoms with Crippen LogP contribution in [-0.4, -0.2) is 29.3 Å². The van der Waals surface area contributed by atoms with Gasteiger partial charge < -0.3 is 10.6 Å². The fraction of sp³-hybridized carbons (Fsp3) is 0.167. The second-order valence-corrected chi connectivity index (χ2v) is 5.61. The number of rotatable bonds is 5. The molecular weight excluding hydrogens is 325 g/mol. The van der Waals surface area contributed by atoms with E-state index in [1.165, 1.54) is 6.07 Å². The minimum atomic E-state index is -0.420. The van der Waals surface area contributed by atoms with Crippen LogP contribution < -0.4 is 10.6 Å². The van der Waals surface area contributed by atoms with Crippen LogP contribution in [0.25, 0.3) is 0 Å². The van der Waals surface area contributed by atoms with Crippen molar-refractivity contribution in [2.75, 3.05) is 6.54 Å². The molecule has 128 valence electrons. The number of urea groups is 1. The van der Waals surface area contributed by atoms with E-state index in [4.69, 9.17) is 0 Å². The molecule has 2 N–H and O–H groups in total. The number of imide groups is 1. The van der Waals surface area contributed by atoms with Crippen molar-refractivity contribution in [2.45, 2.75) is 13.1 Å². The van der Waals surface area contributed by atoms with Crippen molar-refractivity contribution >= 4 is 17.8 Å². The zero-order chi connectivity index (χ0) is 17.8. The van der Waals surface area contributed by atoms with E-state index in [0.29, 0.717) is 11.1 Å². The third-order valence-corrected chi connectivity index (χ3v) is 3.89. The van der Waals surface area contributed by atoms with Gasteiger partial charge in [-0.05, 0) is 23.8 Å². The third-order valence-electron chi connectivity index (χ3n) is 3.89. The first kappa shape index (κ1) is 16.6. The standard InChI is InChI=1S/C18H16FN3O3/c19-15-4-2-1-3-14(15)9-20-17(24)13-7-5-12(6-8-13)11-22-16(23)10-21-18(22)25/h1-8H,9-11H2,(H,20,24)(H,21,25). The molecule has 2 aromatic carbocycles. The summed E-state index contributed by atoms with van der Waals surface area (Å²) >= 11 is 0. The fourth-order valence-corrected chi connectivity index (χ4v) is 2.48. The van der Waals surface area contributed by atoms with Gasteiger partial charge in [-0.25, -0.2) is 9.18 Å². The van der Waals surface area contributed by atoms with Crippen molar-refractivity contribution in [2.24, 2.45) is 0 Å². The second kappa shape index (κ2) is 7.12. The third kappa shape index (κ3) is 3.82. The Hall–Kier alpha value is -3.22. The smallest absolute Gasteiger partial charge is 0.324 e. The summed E-state index contributed by atoms with van der Waals surface area (Å²) in [5, 5.41) is 5.10. The van der Waals surface area contributed by atoms with Crippen LogP contribution in [-0.2, 0) is 17.9 Å². The number of amides is 4. The molecule has 0 aliphatic carbocycles. The van der Waals surface area contributed by atoms with E-state index in [2.05, 4.69) is 10.6 Å². The molecule has 1 aliphatic heterocycles. The second-order valence-electron chi connectivity index (χ2n) is 5.61. The van der Waals surface area contributed by atoms with Gasteiger partial charge in [-0.1, -0.05) is 30.3 Å². The molecule has 0 radical (unpaired) electrons.